The lowest BCUT2D eigenvalue weighted by Crippen LogP contribution is -2.38. The highest BCUT2D eigenvalue weighted by Gasteiger charge is 2.26. The van der Waals surface area contributed by atoms with E-state index in [1.165, 1.54) is 41.7 Å². The molecule has 5 rings (SSSR count). The van der Waals surface area contributed by atoms with Gasteiger partial charge in [0.15, 0.2) is 11.6 Å². The molecule has 1 aliphatic rings. The highest BCUT2D eigenvalue weighted by Crippen LogP contribution is 2.30. The van der Waals surface area contributed by atoms with Crippen molar-refractivity contribution in [3.8, 4) is 22.1 Å². The third-order valence-corrected chi connectivity index (χ3v) is 5.84. The summed E-state index contributed by atoms with van der Waals surface area (Å²) in [7, 11) is 0. The average Bonchev–Trinajstić information content (AvgIpc) is 3.40. The second kappa shape index (κ2) is 7.42. The zero-order valence-corrected chi connectivity index (χ0v) is 16.4. The molecule has 6 nitrogen and oxygen atoms in total. The summed E-state index contributed by atoms with van der Waals surface area (Å²) in [6.07, 6.45) is 0. The molecule has 2 aromatic carbocycles. The normalized spacial score (nSPS) is 13.3. The van der Waals surface area contributed by atoms with Crippen LogP contribution >= 0.6 is 11.3 Å². The van der Waals surface area contributed by atoms with Crippen LogP contribution in [0, 0.1) is 11.6 Å². The van der Waals surface area contributed by atoms with Crippen LogP contribution in [0.4, 0.5) is 8.78 Å². The summed E-state index contributed by atoms with van der Waals surface area (Å²) in [4.78, 5) is 18.9. The number of nitrogens with zero attached hydrogens (tertiary/aromatic N) is 5. The Morgan fingerprint density at radius 1 is 1.00 bits per heavy atom. The van der Waals surface area contributed by atoms with E-state index in [-0.39, 0.29) is 17.5 Å². The van der Waals surface area contributed by atoms with E-state index in [1.807, 2.05) is 9.95 Å². The monoisotopic (exact) mass is 423 g/mol. The quantitative estimate of drug-likeness (QED) is 0.500. The Bertz CT molecular complexity index is 1230. The Morgan fingerprint density at radius 3 is 2.60 bits per heavy atom. The summed E-state index contributed by atoms with van der Waals surface area (Å²) in [6, 6.07) is 12.0. The number of aromatic nitrogens is 4. The second-order valence-corrected chi connectivity index (χ2v) is 7.70. The number of carbonyl (C=O) groups is 1. The van der Waals surface area contributed by atoms with Crippen LogP contribution < -0.4 is 0 Å². The van der Waals surface area contributed by atoms with Crippen molar-refractivity contribution in [1.29, 1.82) is 0 Å². The summed E-state index contributed by atoms with van der Waals surface area (Å²) >= 11 is 1.34. The lowest BCUT2D eigenvalue weighted by molar-refractivity contribution is 0.0708. The van der Waals surface area contributed by atoms with Gasteiger partial charge in [-0.15, -0.1) is 21.5 Å². The largest absolute Gasteiger partial charge is 0.329 e. The third kappa shape index (κ3) is 3.26. The van der Waals surface area contributed by atoms with Gasteiger partial charge in [0.2, 0.25) is 0 Å². The maximum Gasteiger partial charge on any atom is 0.254 e. The van der Waals surface area contributed by atoms with E-state index in [1.54, 1.807) is 23.1 Å². The fourth-order valence-electron chi connectivity index (χ4n) is 3.43. The molecule has 3 heterocycles. The molecule has 0 atom stereocenters. The molecule has 4 aromatic rings. The van der Waals surface area contributed by atoms with Crippen LogP contribution in [0.2, 0.25) is 0 Å². The molecule has 0 saturated heterocycles. The maximum absolute atomic E-state index is 14.1. The Morgan fingerprint density at radius 2 is 1.80 bits per heavy atom. The molecule has 30 heavy (non-hydrogen) atoms. The van der Waals surface area contributed by atoms with Gasteiger partial charge in [0.05, 0.1) is 6.54 Å². The van der Waals surface area contributed by atoms with Crippen molar-refractivity contribution in [1.82, 2.24) is 24.6 Å². The number of hydrogen-bond donors (Lipinski definition) is 0. The van der Waals surface area contributed by atoms with Gasteiger partial charge in [0, 0.05) is 29.6 Å². The number of thiazole rings is 1. The predicted molar refractivity (Wildman–Crippen MR) is 108 cm³/mol. The van der Waals surface area contributed by atoms with Crippen molar-refractivity contribution in [3.63, 3.8) is 0 Å². The first kappa shape index (κ1) is 18.6. The lowest BCUT2D eigenvalue weighted by Gasteiger charge is -2.27. The first-order valence-corrected chi connectivity index (χ1v) is 10.2. The minimum Gasteiger partial charge on any atom is -0.329 e. The zero-order chi connectivity index (χ0) is 20.7. The van der Waals surface area contributed by atoms with Gasteiger partial charge >= 0.3 is 0 Å². The molecule has 0 spiro atoms. The number of fused-ring (bicyclic) bond motifs is 1. The van der Waals surface area contributed by atoms with E-state index in [0.29, 0.717) is 53.1 Å². The summed E-state index contributed by atoms with van der Waals surface area (Å²) in [5, 5.41) is 10.9. The Hall–Kier alpha value is -3.46. The van der Waals surface area contributed by atoms with Crippen LogP contribution in [0.25, 0.3) is 22.1 Å². The molecule has 1 aliphatic heterocycles. The average molecular weight is 423 g/mol. The first-order valence-electron chi connectivity index (χ1n) is 9.28. The van der Waals surface area contributed by atoms with Gasteiger partial charge in [0.25, 0.3) is 5.91 Å². The molecule has 150 valence electrons. The Labute approximate surface area is 174 Å². The van der Waals surface area contributed by atoms with E-state index in [0.717, 1.165) is 0 Å². The molecule has 0 N–H and O–H groups in total. The van der Waals surface area contributed by atoms with E-state index < -0.39 is 0 Å². The predicted octanol–water partition coefficient (Wildman–Crippen LogP) is 4.00. The van der Waals surface area contributed by atoms with Crippen molar-refractivity contribution in [2.75, 3.05) is 6.54 Å². The van der Waals surface area contributed by atoms with Gasteiger partial charge in [-0.2, -0.15) is 0 Å². The third-order valence-electron chi connectivity index (χ3n) is 4.97. The molecule has 1 amide bonds. The van der Waals surface area contributed by atoms with Crippen molar-refractivity contribution in [3.05, 3.63) is 76.9 Å². The molecular weight excluding hydrogens is 408 g/mol. The Kier molecular flexibility index (Phi) is 4.59. The second-order valence-electron chi connectivity index (χ2n) is 6.84. The van der Waals surface area contributed by atoms with Crippen LogP contribution in [0.3, 0.4) is 0 Å². The van der Waals surface area contributed by atoms with Crippen molar-refractivity contribution < 1.29 is 13.6 Å². The van der Waals surface area contributed by atoms with Crippen LogP contribution in [0.1, 0.15) is 16.2 Å². The number of rotatable bonds is 3. The van der Waals surface area contributed by atoms with Crippen molar-refractivity contribution in [2.24, 2.45) is 0 Å². The van der Waals surface area contributed by atoms with Gasteiger partial charge in [-0.3, -0.25) is 4.79 Å². The molecule has 0 bridgehead atoms. The smallest absolute Gasteiger partial charge is 0.254 e. The fourth-order valence-corrected chi connectivity index (χ4v) is 4.26. The van der Waals surface area contributed by atoms with E-state index in [4.69, 9.17) is 0 Å². The molecule has 0 saturated carbocycles. The minimum absolute atomic E-state index is 0.179. The summed E-state index contributed by atoms with van der Waals surface area (Å²) in [5.74, 6) is 0.357. The summed E-state index contributed by atoms with van der Waals surface area (Å²) in [6.45, 7) is 1.28. The van der Waals surface area contributed by atoms with Crippen molar-refractivity contribution in [2.45, 2.75) is 13.1 Å². The van der Waals surface area contributed by atoms with Crippen LogP contribution in [0.5, 0.6) is 0 Å². The van der Waals surface area contributed by atoms with Gasteiger partial charge in [-0.25, -0.2) is 13.8 Å². The Balaban J connectivity index is 1.39. The van der Waals surface area contributed by atoms with Gasteiger partial charge in [-0.1, -0.05) is 12.1 Å². The van der Waals surface area contributed by atoms with E-state index in [2.05, 4.69) is 15.2 Å². The van der Waals surface area contributed by atoms with E-state index in [9.17, 15) is 13.6 Å². The molecule has 0 fully saturated rings. The summed E-state index contributed by atoms with van der Waals surface area (Å²) in [5.41, 5.74) is 1.50. The number of carbonyl (C=O) groups excluding carboxylic acids is 1. The van der Waals surface area contributed by atoms with Crippen LogP contribution in [-0.4, -0.2) is 37.1 Å². The number of benzene rings is 2. The number of amides is 1. The molecule has 0 unspecified atom stereocenters. The first-order chi connectivity index (χ1) is 14.6. The zero-order valence-electron chi connectivity index (χ0n) is 15.6. The van der Waals surface area contributed by atoms with Crippen LogP contribution in [-0.2, 0) is 13.1 Å². The highest BCUT2D eigenvalue weighted by molar-refractivity contribution is 7.13. The molecule has 9 heteroatoms. The minimum atomic E-state index is -0.382. The van der Waals surface area contributed by atoms with Gasteiger partial charge in [-0.05, 0) is 36.4 Å². The summed E-state index contributed by atoms with van der Waals surface area (Å²) < 4.78 is 29.1. The highest BCUT2D eigenvalue weighted by atomic mass is 32.1. The molecule has 2 aromatic heterocycles. The SMILES string of the molecule is O=C(c1ccc(F)cc1)N1CCn2c(nnc2-c2csc(-c3ccccc3F)n2)C1. The number of halogens is 2. The van der Waals surface area contributed by atoms with Gasteiger partial charge < -0.3 is 9.47 Å². The fraction of sp³-hybridized carbons (Fsp3) is 0.143. The topological polar surface area (TPSA) is 63.9 Å². The van der Waals surface area contributed by atoms with Crippen molar-refractivity contribution >= 4 is 17.2 Å². The lowest BCUT2D eigenvalue weighted by atomic mass is 10.2. The van der Waals surface area contributed by atoms with Gasteiger partial charge in [0.1, 0.15) is 22.3 Å². The molecule has 0 aliphatic carbocycles. The number of hydrogen-bond acceptors (Lipinski definition) is 5. The van der Waals surface area contributed by atoms with Crippen LogP contribution in [0.15, 0.2) is 53.9 Å². The standard InChI is InChI=1S/C21H15F2N5OS/c22-14-7-5-13(6-8-14)21(29)27-9-10-28-18(11-27)25-26-19(28)17-12-30-20(24-17)15-3-1-2-4-16(15)23/h1-8,12H,9-11H2. The maximum atomic E-state index is 14.1. The molecular formula is C21H15F2N5OS. The van der Waals surface area contributed by atoms with E-state index >= 15 is 0 Å². The molecule has 0 radical (unpaired) electrons.